The molecule has 0 spiro atoms. The van der Waals surface area contributed by atoms with Gasteiger partial charge in [-0.3, -0.25) is 0 Å². The van der Waals surface area contributed by atoms with Crippen LogP contribution in [-0.4, -0.2) is 37.2 Å². The lowest BCUT2D eigenvalue weighted by Gasteiger charge is -2.33. The maximum Gasteiger partial charge on any atom is 0.151 e. The van der Waals surface area contributed by atoms with Crippen molar-refractivity contribution in [2.45, 2.75) is 63.5 Å². The largest absolute Gasteiger partial charge is 0.369 e. The first-order valence-electron chi connectivity index (χ1n) is 6.01. The summed E-state index contributed by atoms with van der Waals surface area (Å²) in [6.07, 6.45) is 2.03. The number of ether oxygens (including phenoxy) is 1. The molecule has 4 nitrogen and oxygen atoms in total. The lowest BCUT2D eigenvalue weighted by Crippen LogP contribution is -2.49. The molecule has 0 radical (unpaired) electrons. The molecule has 102 valence electrons. The summed E-state index contributed by atoms with van der Waals surface area (Å²) in [5, 5.41) is -0.538. The Morgan fingerprint density at radius 1 is 1.29 bits per heavy atom. The van der Waals surface area contributed by atoms with Crippen LogP contribution in [0.3, 0.4) is 0 Å². The van der Waals surface area contributed by atoms with E-state index in [-0.39, 0.29) is 23.2 Å². The average molecular weight is 263 g/mol. The predicted molar refractivity (Wildman–Crippen MR) is 69.6 cm³/mol. The van der Waals surface area contributed by atoms with Crippen LogP contribution < -0.4 is 5.73 Å². The summed E-state index contributed by atoms with van der Waals surface area (Å²) in [4.78, 5) is 0. The summed E-state index contributed by atoms with van der Waals surface area (Å²) in [6.45, 7) is 9.70. The van der Waals surface area contributed by atoms with E-state index in [1.165, 1.54) is 6.26 Å². The van der Waals surface area contributed by atoms with Crippen molar-refractivity contribution < 1.29 is 13.2 Å². The second kappa shape index (κ2) is 4.21. The van der Waals surface area contributed by atoms with E-state index in [1.807, 2.05) is 27.7 Å². The third-order valence-electron chi connectivity index (χ3n) is 3.83. The molecule has 1 aliphatic rings. The molecule has 0 aromatic carbocycles. The number of rotatable bonds is 3. The van der Waals surface area contributed by atoms with E-state index in [0.717, 1.165) is 6.42 Å². The van der Waals surface area contributed by atoms with E-state index in [9.17, 15) is 8.42 Å². The van der Waals surface area contributed by atoms with Gasteiger partial charge in [-0.2, -0.15) is 0 Å². The fourth-order valence-electron chi connectivity index (χ4n) is 2.82. The molecule has 1 fully saturated rings. The molecule has 0 aromatic rings. The number of hydrogen-bond donors (Lipinski definition) is 1. The van der Waals surface area contributed by atoms with Gasteiger partial charge in [0.25, 0.3) is 0 Å². The van der Waals surface area contributed by atoms with Gasteiger partial charge in [0.05, 0.1) is 16.5 Å². The van der Waals surface area contributed by atoms with Gasteiger partial charge in [-0.15, -0.1) is 0 Å². The van der Waals surface area contributed by atoms with Crippen LogP contribution in [0.1, 0.15) is 41.0 Å². The van der Waals surface area contributed by atoms with E-state index in [1.54, 1.807) is 6.92 Å². The summed E-state index contributed by atoms with van der Waals surface area (Å²) >= 11 is 0. The van der Waals surface area contributed by atoms with Crippen molar-refractivity contribution in [3.05, 3.63) is 0 Å². The standard InChI is InChI=1S/C12H25NO3S/c1-8(17(6,14)15)10(13)9-7-11(2,3)16-12(9,4)5/h8-10H,7,13H2,1-6H3. The molecule has 0 aromatic heterocycles. The van der Waals surface area contributed by atoms with Crippen molar-refractivity contribution >= 4 is 9.84 Å². The van der Waals surface area contributed by atoms with Crippen LogP contribution in [0.25, 0.3) is 0 Å². The highest BCUT2D eigenvalue weighted by atomic mass is 32.2. The molecular weight excluding hydrogens is 238 g/mol. The molecule has 0 bridgehead atoms. The van der Waals surface area contributed by atoms with E-state index < -0.39 is 15.1 Å². The van der Waals surface area contributed by atoms with E-state index in [0.29, 0.717) is 0 Å². The van der Waals surface area contributed by atoms with Gasteiger partial charge in [0.2, 0.25) is 0 Å². The predicted octanol–water partition coefficient (Wildman–Crippen LogP) is 1.34. The minimum atomic E-state index is -3.11. The lowest BCUT2D eigenvalue weighted by molar-refractivity contribution is -0.0765. The molecule has 2 N–H and O–H groups in total. The van der Waals surface area contributed by atoms with Gasteiger partial charge in [0.15, 0.2) is 9.84 Å². The quantitative estimate of drug-likeness (QED) is 0.834. The van der Waals surface area contributed by atoms with E-state index >= 15 is 0 Å². The Morgan fingerprint density at radius 2 is 1.76 bits per heavy atom. The van der Waals surface area contributed by atoms with Crippen LogP contribution in [0, 0.1) is 5.92 Å². The van der Waals surface area contributed by atoms with Crippen LogP contribution in [0.2, 0.25) is 0 Å². The Kier molecular flexibility index (Phi) is 3.70. The molecule has 5 heteroatoms. The van der Waals surface area contributed by atoms with Crippen molar-refractivity contribution in [2.75, 3.05) is 6.26 Å². The molecule has 0 amide bonds. The molecule has 1 rings (SSSR count). The first kappa shape index (κ1) is 14.9. The Morgan fingerprint density at radius 3 is 2.06 bits per heavy atom. The molecule has 3 atom stereocenters. The molecular formula is C12H25NO3S. The molecule has 1 heterocycles. The maximum atomic E-state index is 11.6. The highest BCUT2D eigenvalue weighted by molar-refractivity contribution is 7.91. The van der Waals surface area contributed by atoms with Gasteiger partial charge in [-0.1, -0.05) is 0 Å². The van der Waals surface area contributed by atoms with Gasteiger partial charge in [-0.25, -0.2) is 8.42 Å². The van der Waals surface area contributed by atoms with Crippen molar-refractivity contribution in [3.8, 4) is 0 Å². The Labute approximate surface area is 105 Å². The van der Waals surface area contributed by atoms with Crippen molar-refractivity contribution in [1.29, 1.82) is 0 Å². The lowest BCUT2D eigenvalue weighted by atomic mass is 9.81. The number of hydrogen-bond acceptors (Lipinski definition) is 4. The van der Waals surface area contributed by atoms with Crippen LogP contribution in [0.5, 0.6) is 0 Å². The number of sulfone groups is 1. The zero-order valence-electron chi connectivity index (χ0n) is 11.6. The average Bonchev–Trinajstić information content (AvgIpc) is 2.30. The summed E-state index contributed by atoms with van der Waals surface area (Å²) in [5.41, 5.74) is 5.54. The molecule has 1 saturated heterocycles. The van der Waals surface area contributed by atoms with Gasteiger partial charge < -0.3 is 10.5 Å². The summed E-state index contributed by atoms with van der Waals surface area (Å²) in [6, 6.07) is -0.387. The van der Waals surface area contributed by atoms with Crippen molar-refractivity contribution in [3.63, 3.8) is 0 Å². The second-order valence-corrected chi connectivity index (χ2v) is 8.79. The summed E-state index contributed by atoms with van der Waals surface area (Å²) < 4.78 is 29.1. The highest BCUT2D eigenvalue weighted by Crippen LogP contribution is 2.44. The van der Waals surface area contributed by atoms with Crippen molar-refractivity contribution in [2.24, 2.45) is 11.7 Å². The first-order valence-corrected chi connectivity index (χ1v) is 7.97. The van der Waals surface area contributed by atoms with Crippen LogP contribution in [0.15, 0.2) is 0 Å². The molecule has 17 heavy (non-hydrogen) atoms. The fraction of sp³-hybridized carbons (Fsp3) is 1.00. The Balaban J connectivity index is 2.94. The normalized spacial score (nSPS) is 31.1. The fourth-order valence-corrected chi connectivity index (χ4v) is 3.58. The highest BCUT2D eigenvalue weighted by Gasteiger charge is 2.50. The first-order chi connectivity index (χ1) is 7.37. The minimum absolute atomic E-state index is 0.0576. The summed E-state index contributed by atoms with van der Waals surface area (Å²) in [5.74, 6) is 0.0576. The zero-order chi connectivity index (χ0) is 13.6. The van der Waals surface area contributed by atoms with Gasteiger partial charge in [0.1, 0.15) is 0 Å². The topological polar surface area (TPSA) is 69.4 Å². The van der Waals surface area contributed by atoms with Crippen LogP contribution in [0.4, 0.5) is 0 Å². The van der Waals surface area contributed by atoms with Gasteiger partial charge >= 0.3 is 0 Å². The smallest absolute Gasteiger partial charge is 0.151 e. The Bertz CT molecular complexity index is 387. The third-order valence-corrected chi connectivity index (χ3v) is 5.49. The molecule has 1 aliphatic heterocycles. The zero-order valence-corrected chi connectivity index (χ0v) is 12.5. The monoisotopic (exact) mass is 263 g/mol. The van der Waals surface area contributed by atoms with Crippen molar-refractivity contribution in [1.82, 2.24) is 0 Å². The SMILES string of the molecule is CC(C(N)C1CC(C)(C)OC1(C)C)S(C)(=O)=O. The van der Waals surface area contributed by atoms with Gasteiger partial charge in [-0.05, 0) is 41.0 Å². The molecule has 0 saturated carbocycles. The van der Waals surface area contributed by atoms with Gasteiger partial charge in [0, 0.05) is 18.2 Å². The molecule has 3 unspecified atom stereocenters. The number of nitrogens with two attached hydrogens (primary N) is 1. The summed E-state index contributed by atoms with van der Waals surface area (Å²) in [7, 11) is -3.11. The van der Waals surface area contributed by atoms with Crippen LogP contribution >= 0.6 is 0 Å². The van der Waals surface area contributed by atoms with E-state index in [4.69, 9.17) is 10.5 Å². The third kappa shape index (κ3) is 3.20. The van der Waals surface area contributed by atoms with Crippen LogP contribution in [-0.2, 0) is 14.6 Å². The minimum Gasteiger partial charge on any atom is -0.369 e. The van der Waals surface area contributed by atoms with E-state index in [2.05, 4.69) is 0 Å². The Hall–Kier alpha value is -0.130. The molecule has 0 aliphatic carbocycles. The maximum absolute atomic E-state index is 11.6. The second-order valence-electron chi connectivity index (χ2n) is 6.39.